The van der Waals surface area contributed by atoms with Crippen molar-refractivity contribution < 1.29 is 14.7 Å². The Morgan fingerprint density at radius 1 is 1.24 bits per heavy atom. The minimum absolute atomic E-state index is 0.0466. The summed E-state index contributed by atoms with van der Waals surface area (Å²) in [4.78, 5) is 23.9. The van der Waals surface area contributed by atoms with Crippen molar-refractivity contribution in [2.75, 3.05) is 6.54 Å². The standard InChI is InChI=1S/C17H27NO3/c1-3-5-6-11(4-2)10-18-16(19)14-12-7-8-13(9-12)15(14)17(20)21/h7-8,11-15H,3-6,9-10H2,1-2H3,(H,18,19)(H,20,21)/t11-,12-,13-,14+,15-/m0/s1. The van der Waals surface area contributed by atoms with Crippen LogP contribution in [0, 0.1) is 29.6 Å². The van der Waals surface area contributed by atoms with E-state index in [9.17, 15) is 14.7 Å². The molecule has 5 atom stereocenters. The monoisotopic (exact) mass is 293 g/mol. The van der Waals surface area contributed by atoms with Crippen LogP contribution in [0.25, 0.3) is 0 Å². The van der Waals surface area contributed by atoms with Gasteiger partial charge in [0, 0.05) is 6.54 Å². The number of amides is 1. The quantitative estimate of drug-likeness (QED) is 0.676. The van der Waals surface area contributed by atoms with Crippen LogP contribution in [0.3, 0.4) is 0 Å². The minimum atomic E-state index is -0.829. The number of carboxylic acid groups (broad SMARTS) is 1. The topological polar surface area (TPSA) is 66.4 Å². The Kier molecular flexibility index (Phi) is 5.43. The van der Waals surface area contributed by atoms with Crippen LogP contribution >= 0.6 is 0 Å². The Balaban J connectivity index is 1.90. The average molecular weight is 293 g/mol. The summed E-state index contributed by atoms with van der Waals surface area (Å²) in [6, 6.07) is 0. The number of carbonyl (C=O) groups excluding carboxylic acids is 1. The highest BCUT2D eigenvalue weighted by atomic mass is 16.4. The van der Waals surface area contributed by atoms with Crippen molar-refractivity contribution in [2.45, 2.75) is 46.0 Å². The van der Waals surface area contributed by atoms with E-state index in [1.54, 1.807) is 0 Å². The van der Waals surface area contributed by atoms with Crippen LogP contribution in [0.15, 0.2) is 12.2 Å². The molecule has 1 fully saturated rings. The van der Waals surface area contributed by atoms with Crippen LogP contribution in [0.4, 0.5) is 0 Å². The summed E-state index contributed by atoms with van der Waals surface area (Å²) >= 11 is 0. The molecule has 21 heavy (non-hydrogen) atoms. The van der Waals surface area contributed by atoms with E-state index >= 15 is 0 Å². The van der Waals surface area contributed by atoms with Gasteiger partial charge in [0.25, 0.3) is 0 Å². The number of fused-ring (bicyclic) bond motifs is 2. The number of nitrogens with one attached hydrogen (secondary N) is 1. The number of rotatable bonds is 8. The van der Waals surface area contributed by atoms with Crippen LogP contribution in [0.1, 0.15) is 46.0 Å². The smallest absolute Gasteiger partial charge is 0.307 e. The van der Waals surface area contributed by atoms with Gasteiger partial charge in [0.2, 0.25) is 5.91 Å². The van der Waals surface area contributed by atoms with Crippen molar-refractivity contribution in [2.24, 2.45) is 29.6 Å². The summed E-state index contributed by atoms with van der Waals surface area (Å²) in [6.07, 6.45) is 9.37. The van der Waals surface area contributed by atoms with Gasteiger partial charge in [0.05, 0.1) is 11.8 Å². The highest BCUT2D eigenvalue weighted by Gasteiger charge is 2.51. The van der Waals surface area contributed by atoms with E-state index in [2.05, 4.69) is 19.2 Å². The maximum Gasteiger partial charge on any atom is 0.307 e. The van der Waals surface area contributed by atoms with Crippen LogP contribution in [0.2, 0.25) is 0 Å². The zero-order valence-corrected chi connectivity index (χ0v) is 13.0. The summed E-state index contributed by atoms with van der Waals surface area (Å²) in [5.41, 5.74) is 0. The van der Waals surface area contributed by atoms with Gasteiger partial charge in [-0.15, -0.1) is 0 Å². The number of aliphatic carboxylic acids is 1. The molecule has 0 aromatic rings. The van der Waals surface area contributed by atoms with Gasteiger partial charge in [0.1, 0.15) is 0 Å². The number of allylic oxidation sites excluding steroid dienone is 2. The molecule has 2 aliphatic rings. The van der Waals surface area contributed by atoms with E-state index in [1.165, 1.54) is 12.8 Å². The van der Waals surface area contributed by atoms with Crippen molar-refractivity contribution in [3.05, 3.63) is 12.2 Å². The second-order valence-corrected chi connectivity index (χ2v) is 6.50. The van der Waals surface area contributed by atoms with Gasteiger partial charge in [-0.05, 0) is 30.6 Å². The number of hydrogen-bond acceptors (Lipinski definition) is 2. The van der Waals surface area contributed by atoms with E-state index in [0.717, 1.165) is 19.3 Å². The van der Waals surface area contributed by atoms with E-state index < -0.39 is 11.9 Å². The molecule has 0 unspecified atom stereocenters. The lowest BCUT2D eigenvalue weighted by atomic mass is 9.82. The Labute approximate surface area is 127 Å². The summed E-state index contributed by atoms with van der Waals surface area (Å²) in [6.45, 7) is 5.00. The molecule has 2 aliphatic carbocycles. The Morgan fingerprint density at radius 3 is 2.48 bits per heavy atom. The summed E-state index contributed by atoms with van der Waals surface area (Å²) < 4.78 is 0. The molecule has 2 bridgehead atoms. The molecule has 0 aromatic heterocycles. The second-order valence-electron chi connectivity index (χ2n) is 6.50. The molecule has 1 amide bonds. The van der Waals surface area contributed by atoms with E-state index in [1.807, 2.05) is 12.2 Å². The molecule has 0 aromatic carbocycles. The molecule has 118 valence electrons. The highest BCUT2D eigenvalue weighted by molar-refractivity contribution is 5.86. The fourth-order valence-electron chi connectivity index (χ4n) is 3.82. The molecule has 0 spiro atoms. The first-order valence-corrected chi connectivity index (χ1v) is 8.27. The summed E-state index contributed by atoms with van der Waals surface area (Å²) in [5, 5.41) is 12.4. The largest absolute Gasteiger partial charge is 0.481 e. The number of hydrogen-bond donors (Lipinski definition) is 2. The van der Waals surface area contributed by atoms with E-state index in [4.69, 9.17) is 0 Å². The molecule has 1 saturated carbocycles. The Morgan fingerprint density at radius 2 is 1.90 bits per heavy atom. The lowest BCUT2D eigenvalue weighted by Gasteiger charge is -2.25. The predicted octanol–water partition coefficient (Wildman–Crippen LogP) is 2.84. The molecule has 0 saturated heterocycles. The van der Waals surface area contributed by atoms with Gasteiger partial charge >= 0.3 is 5.97 Å². The third-order valence-electron chi connectivity index (χ3n) is 5.16. The van der Waals surface area contributed by atoms with Crippen molar-refractivity contribution >= 4 is 11.9 Å². The third kappa shape index (κ3) is 3.47. The maximum absolute atomic E-state index is 12.4. The molecule has 0 aliphatic heterocycles. The normalized spacial score (nSPS) is 31.3. The van der Waals surface area contributed by atoms with Crippen LogP contribution in [-0.4, -0.2) is 23.5 Å². The average Bonchev–Trinajstić information content (AvgIpc) is 3.07. The SMILES string of the molecule is CCCC[C@H](CC)CNC(=O)[C@H]1[C@@H](C(=O)O)[C@H]2C=C[C@H]1C2. The van der Waals surface area contributed by atoms with Crippen LogP contribution < -0.4 is 5.32 Å². The first-order chi connectivity index (χ1) is 10.1. The van der Waals surface area contributed by atoms with Crippen molar-refractivity contribution in [1.29, 1.82) is 0 Å². The molecule has 0 radical (unpaired) electrons. The molecule has 0 heterocycles. The zero-order valence-electron chi connectivity index (χ0n) is 13.0. The van der Waals surface area contributed by atoms with Gasteiger partial charge in [-0.3, -0.25) is 9.59 Å². The molecular weight excluding hydrogens is 266 g/mol. The fourth-order valence-corrected chi connectivity index (χ4v) is 3.82. The first-order valence-electron chi connectivity index (χ1n) is 8.27. The van der Waals surface area contributed by atoms with Crippen LogP contribution in [0.5, 0.6) is 0 Å². The molecule has 4 nitrogen and oxygen atoms in total. The summed E-state index contributed by atoms with van der Waals surface area (Å²) in [5.74, 6) is -1.13. The van der Waals surface area contributed by atoms with Crippen molar-refractivity contribution in [1.82, 2.24) is 5.32 Å². The predicted molar refractivity (Wildman–Crippen MR) is 81.7 cm³/mol. The van der Waals surface area contributed by atoms with Gasteiger partial charge in [0.15, 0.2) is 0 Å². The second kappa shape index (κ2) is 7.10. The Hall–Kier alpha value is -1.32. The lowest BCUT2D eigenvalue weighted by molar-refractivity contribution is -0.147. The van der Waals surface area contributed by atoms with Gasteiger partial charge in [-0.25, -0.2) is 0 Å². The molecular formula is C17H27NO3. The number of carboxylic acids is 1. The molecule has 2 rings (SSSR count). The third-order valence-corrected chi connectivity index (χ3v) is 5.16. The number of unbranched alkanes of at least 4 members (excludes halogenated alkanes) is 1. The van der Waals surface area contributed by atoms with Crippen molar-refractivity contribution in [3.63, 3.8) is 0 Å². The molecule has 4 heteroatoms. The highest BCUT2D eigenvalue weighted by Crippen LogP contribution is 2.48. The Bertz CT molecular complexity index is 418. The number of carbonyl (C=O) groups is 2. The fraction of sp³-hybridized carbons (Fsp3) is 0.765. The van der Waals surface area contributed by atoms with Crippen LogP contribution in [-0.2, 0) is 9.59 Å². The zero-order chi connectivity index (χ0) is 15.4. The minimum Gasteiger partial charge on any atom is -0.481 e. The summed E-state index contributed by atoms with van der Waals surface area (Å²) in [7, 11) is 0. The molecule has 2 N–H and O–H groups in total. The lowest BCUT2D eigenvalue weighted by Crippen LogP contribution is -2.41. The van der Waals surface area contributed by atoms with E-state index in [-0.39, 0.29) is 23.7 Å². The van der Waals surface area contributed by atoms with E-state index in [0.29, 0.717) is 12.5 Å². The maximum atomic E-state index is 12.4. The van der Waals surface area contributed by atoms with Gasteiger partial charge < -0.3 is 10.4 Å². The first kappa shape index (κ1) is 16.1. The van der Waals surface area contributed by atoms with Crippen molar-refractivity contribution in [3.8, 4) is 0 Å². The van der Waals surface area contributed by atoms with Gasteiger partial charge in [-0.1, -0.05) is 45.3 Å². The van der Waals surface area contributed by atoms with Gasteiger partial charge in [-0.2, -0.15) is 0 Å².